The molecule has 120 valence electrons. The van der Waals surface area contributed by atoms with Crippen molar-refractivity contribution in [3.63, 3.8) is 0 Å². The maximum Gasteiger partial charge on any atom is 0.235 e. The summed E-state index contributed by atoms with van der Waals surface area (Å²) in [6, 6.07) is 18.2. The number of hydrogen-bond donors (Lipinski definition) is 1. The first-order valence-electron chi connectivity index (χ1n) is 8.41. The molecule has 0 bridgehead atoms. The van der Waals surface area contributed by atoms with E-state index in [1.54, 1.807) is 0 Å². The summed E-state index contributed by atoms with van der Waals surface area (Å²) >= 11 is 0. The fourth-order valence-electron chi connectivity index (χ4n) is 3.12. The molecular weight excluding hydrogens is 284 g/mol. The highest BCUT2D eigenvalue weighted by atomic mass is 16.2. The number of nitrogens with one attached hydrogen (secondary N) is 1. The van der Waals surface area contributed by atoms with Crippen molar-refractivity contribution in [2.45, 2.75) is 32.1 Å². The quantitative estimate of drug-likeness (QED) is 0.867. The predicted octanol–water partition coefficient (Wildman–Crippen LogP) is 4.20. The lowest BCUT2D eigenvalue weighted by atomic mass is 9.95. The van der Waals surface area contributed by atoms with Crippen LogP contribution in [0.4, 0.5) is 11.4 Å². The molecular formula is C20H24N2O. The number of amides is 1. The van der Waals surface area contributed by atoms with Gasteiger partial charge < -0.3 is 10.2 Å². The summed E-state index contributed by atoms with van der Waals surface area (Å²) in [4.78, 5) is 15.0. The second-order valence-corrected chi connectivity index (χ2v) is 6.12. The minimum absolute atomic E-state index is 0.110. The van der Waals surface area contributed by atoms with E-state index in [2.05, 4.69) is 48.3 Å². The molecule has 0 aliphatic heterocycles. The summed E-state index contributed by atoms with van der Waals surface area (Å²) in [5.41, 5.74) is 2.86. The van der Waals surface area contributed by atoms with Crippen LogP contribution in [0.2, 0.25) is 0 Å². The zero-order valence-electron chi connectivity index (χ0n) is 13.9. The van der Waals surface area contributed by atoms with Crippen LogP contribution in [0.25, 0.3) is 0 Å². The lowest BCUT2D eigenvalue weighted by molar-refractivity contribution is -0.118. The number of carbonyl (C=O) groups excluding carboxylic acids is 1. The first kappa shape index (κ1) is 15.6. The highest BCUT2D eigenvalue weighted by Crippen LogP contribution is 2.48. The molecule has 0 saturated heterocycles. The van der Waals surface area contributed by atoms with Gasteiger partial charge in [0.15, 0.2) is 0 Å². The molecule has 23 heavy (non-hydrogen) atoms. The monoisotopic (exact) mass is 308 g/mol. The average Bonchev–Trinajstić information content (AvgIpc) is 3.40. The van der Waals surface area contributed by atoms with Crippen LogP contribution in [0.3, 0.4) is 0 Å². The standard InChI is InChI=1S/C20H24N2O/c1-3-22(4-2)18-12-10-17(11-13-18)21-19(23)20(14-15-20)16-8-6-5-7-9-16/h5-13H,3-4,14-15H2,1-2H3,(H,21,23). The molecule has 1 saturated carbocycles. The third kappa shape index (κ3) is 3.09. The van der Waals surface area contributed by atoms with Crippen molar-refractivity contribution in [3.8, 4) is 0 Å². The van der Waals surface area contributed by atoms with E-state index < -0.39 is 0 Å². The van der Waals surface area contributed by atoms with E-state index in [1.807, 2.05) is 30.3 Å². The topological polar surface area (TPSA) is 32.3 Å². The van der Waals surface area contributed by atoms with E-state index in [0.29, 0.717) is 0 Å². The van der Waals surface area contributed by atoms with Crippen molar-refractivity contribution in [3.05, 3.63) is 60.2 Å². The van der Waals surface area contributed by atoms with Gasteiger partial charge in [0.1, 0.15) is 0 Å². The van der Waals surface area contributed by atoms with Crippen molar-refractivity contribution in [1.29, 1.82) is 0 Å². The minimum Gasteiger partial charge on any atom is -0.372 e. The van der Waals surface area contributed by atoms with Crippen LogP contribution in [0.1, 0.15) is 32.3 Å². The molecule has 3 heteroatoms. The molecule has 0 spiro atoms. The molecule has 1 aliphatic carbocycles. The lowest BCUT2D eigenvalue weighted by Gasteiger charge is -2.21. The van der Waals surface area contributed by atoms with Crippen LogP contribution in [0.5, 0.6) is 0 Å². The highest BCUT2D eigenvalue weighted by Gasteiger charge is 2.51. The van der Waals surface area contributed by atoms with Gasteiger partial charge in [-0.2, -0.15) is 0 Å². The average molecular weight is 308 g/mol. The molecule has 1 N–H and O–H groups in total. The van der Waals surface area contributed by atoms with Crippen LogP contribution in [0.15, 0.2) is 54.6 Å². The number of nitrogens with zero attached hydrogens (tertiary/aromatic N) is 1. The summed E-state index contributed by atoms with van der Waals surface area (Å²) in [5.74, 6) is 0.110. The Labute approximate surface area is 138 Å². The maximum absolute atomic E-state index is 12.7. The number of anilines is 2. The zero-order valence-corrected chi connectivity index (χ0v) is 13.9. The Bertz CT molecular complexity index is 656. The molecule has 0 heterocycles. The van der Waals surface area contributed by atoms with Gasteiger partial charge in [0.2, 0.25) is 5.91 Å². The zero-order chi connectivity index (χ0) is 16.3. The number of rotatable bonds is 6. The first-order valence-corrected chi connectivity index (χ1v) is 8.41. The fraction of sp³-hybridized carbons (Fsp3) is 0.350. The normalized spacial score (nSPS) is 15.0. The van der Waals surface area contributed by atoms with E-state index >= 15 is 0 Å². The Kier molecular flexibility index (Phi) is 4.37. The van der Waals surface area contributed by atoms with Crippen LogP contribution in [-0.2, 0) is 10.2 Å². The highest BCUT2D eigenvalue weighted by molar-refractivity contribution is 6.01. The van der Waals surface area contributed by atoms with Gasteiger partial charge in [-0.3, -0.25) is 4.79 Å². The summed E-state index contributed by atoms with van der Waals surface area (Å²) in [7, 11) is 0. The van der Waals surface area contributed by atoms with Gasteiger partial charge in [0.05, 0.1) is 5.41 Å². The Morgan fingerprint density at radius 3 is 2.13 bits per heavy atom. The smallest absolute Gasteiger partial charge is 0.235 e. The largest absolute Gasteiger partial charge is 0.372 e. The van der Waals surface area contributed by atoms with Gasteiger partial charge in [0, 0.05) is 24.5 Å². The van der Waals surface area contributed by atoms with E-state index in [-0.39, 0.29) is 11.3 Å². The van der Waals surface area contributed by atoms with Crippen molar-refractivity contribution >= 4 is 17.3 Å². The van der Waals surface area contributed by atoms with E-state index in [4.69, 9.17) is 0 Å². The molecule has 2 aromatic carbocycles. The van der Waals surface area contributed by atoms with Crippen molar-refractivity contribution in [1.82, 2.24) is 0 Å². The SMILES string of the molecule is CCN(CC)c1ccc(NC(=O)C2(c3ccccc3)CC2)cc1. The van der Waals surface area contributed by atoms with Gasteiger partial charge in [-0.1, -0.05) is 30.3 Å². The second-order valence-electron chi connectivity index (χ2n) is 6.12. The fourth-order valence-corrected chi connectivity index (χ4v) is 3.12. The molecule has 0 unspecified atom stereocenters. The van der Waals surface area contributed by atoms with Gasteiger partial charge in [0.25, 0.3) is 0 Å². The third-order valence-corrected chi connectivity index (χ3v) is 4.76. The first-order chi connectivity index (χ1) is 11.2. The van der Waals surface area contributed by atoms with E-state index in [9.17, 15) is 4.79 Å². The maximum atomic E-state index is 12.7. The summed E-state index contributed by atoms with van der Waals surface area (Å²) in [6.45, 7) is 6.27. The molecule has 1 amide bonds. The Morgan fingerprint density at radius 2 is 1.61 bits per heavy atom. The Balaban J connectivity index is 1.71. The van der Waals surface area contributed by atoms with Crippen LogP contribution in [0, 0.1) is 0 Å². The van der Waals surface area contributed by atoms with Crippen LogP contribution >= 0.6 is 0 Å². The number of carbonyl (C=O) groups is 1. The number of hydrogen-bond acceptors (Lipinski definition) is 2. The summed E-state index contributed by atoms with van der Waals surface area (Å²) < 4.78 is 0. The minimum atomic E-state index is -0.321. The molecule has 0 radical (unpaired) electrons. The van der Waals surface area contributed by atoms with Crippen molar-refractivity contribution < 1.29 is 4.79 Å². The molecule has 1 fully saturated rings. The molecule has 1 aliphatic rings. The Hall–Kier alpha value is -2.29. The van der Waals surface area contributed by atoms with Gasteiger partial charge in [-0.05, 0) is 56.5 Å². The summed E-state index contributed by atoms with van der Waals surface area (Å²) in [6.07, 6.45) is 1.86. The lowest BCUT2D eigenvalue weighted by Crippen LogP contribution is -2.27. The Morgan fingerprint density at radius 1 is 1.00 bits per heavy atom. The summed E-state index contributed by atoms with van der Waals surface area (Å²) in [5, 5.41) is 3.09. The second kappa shape index (κ2) is 6.45. The molecule has 0 atom stereocenters. The third-order valence-electron chi connectivity index (χ3n) is 4.76. The number of benzene rings is 2. The van der Waals surface area contributed by atoms with E-state index in [0.717, 1.165) is 37.2 Å². The van der Waals surface area contributed by atoms with E-state index in [1.165, 1.54) is 5.69 Å². The van der Waals surface area contributed by atoms with Gasteiger partial charge >= 0.3 is 0 Å². The van der Waals surface area contributed by atoms with Gasteiger partial charge in [-0.15, -0.1) is 0 Å². The predicted molar refractivity (Wildman–Crippen MR) is 96.0 cm³/mol. The van der Waals surface area contributed by atoms with Crippen LogP contribution in [-0.4, -0.2) is 19.0 Å². The molecule has 3 nitrogen and oxygen atoms in total. The molecule has 2 aromatic rings. The van der Waals surface area contributed by atoms with Crippen LogP contribution < -0.4 is 10.2 Å². The van der Waals surface area contributed by atoms with Crippen molar-refractivity contribution in [2.24, 2.45) is 0 Å². The molecule has 3 rings (SSSR count). The van der Waals surface area contributed by atoms with Gasteiger partial charge in [-0.25, -0.2) is 0 Å². The molecule has 0 aromatic heterocycles. The van der Waals surface area contributed by atoms with Crippen molar-refractivity contribution in [2.75, 3.05) is 23.3 Å².